The summed E-state index contributed by atoms with van der Waals surface area (Å²) in [5, 5.41) is 3.44. The number of halogens is 1. The third-order valence-corrected chi connectivity index (χ3v) is 3.45. The van der Waals surface area contributed by atoms with E-state index in [4.69, 9.17) is 4.74 Å². The Morgan fingerprint density at radius 1 is 1.42 bits per heavy atom. The van der Waals surface area contributed by atoms with Crippen LogP contribution in [-0.4, -0.2) is 33.4 Å². The number of nitrogens with zero attached hydrogens (tertiary/aromatic N) is 1. The van der Waals surface area contributed by atoms with Crippen LogP contribution in [0.3, 0.4) is 0 Å². The van der Waals surface area contributed by atoms with Gasteiger partial charge in [0.15, 0.2) is 0 Å². The van der Waals surface area contributed by atoms with Crippen molar-refractivity contribution in [1.29, 1.82) is 0 Å². The lowest BCUT2D eigenvalue weighted by Gasteiger charge is -2.22. The summed E-state index contributed by atoms with van der Waals surface area (Å²) in [6.45, 7) is 2.41. The van der Waals surface area contributed by atoms with E-state index in [1.807, 2.05) is 13.1 Å². The van der Waals surface area contributed by atoms with Crippen molar-refractivity contribution in [2.45, 2.75) is 31.8 Å². The van der Waals surface area contributed by atoms with E-state index in [9.17, 15) is 4.39 Å². The van der Waals surface area contributed by atoms with E-state index in [-0.39, 0.29) is 5.82 Å². The number of rotatable bonds is 8. The van der Waals surface area contributed by atoms with E-state index in [2.05, 4.69) is 10.2 Å². The first-order chi connectivity index (χ1) is 9.20. The first kappa shape index (κ1) is 14.3. The summed E-state index contributed by atoms with van der Waals surface area (Å²) in [6, 6.07) is 5.67. The Balaban J connectivity index is 1.99. The van der Waals surface area contributed by atoms with Gasteiger partial charge in [-0.3, -0.25) is 0 Å². The summed E-state index contributed by atoms with van der Waals surface area (Å²) in [6.07, 6.45) is 3.46. The van der Waals surface area contributed by atoms with Gasteiger partial charge in [-0.2, -0.15) is 0 Å². The van der Waals surface area contributed by atoms with Gasteiger partial charge >= 0.3 is 0 Å². The molecule has 0 atom stereocenters. The molecule has 0 unspecified atom stereocenters. The predicted octanol–water partition coefficient (Wildman–Crippen LogP) is 2.55. The van der Waals surface area contributed by atoms with Crippen molar-refractivity contribution in [3.8, 4) is 0 Å². The fourth-order valence-corrected chi connectivity index (χ4v) is 2.18. The first-order valence-corrected chi connectivity index (χ1v) is 6.92. The van der Waals surface area contributed by atoms with E-state index < -0.39 is 0 Å². The number of anilines is 1. The molecular weight excluding hydrogens is 243 g/mol. The highest BCUT2D eigenvalue weighted by Gasteiger charge is 2.21. The summed E-state index contributed by atoms with van der Waals surface area (Å²) in [5.41, 5.74) is 2.14. The highest BCUT2D eigenvalue weighted by Crippen LogP contribution is 2.24. The minimum Gasteiger partial charge on any atom is -0.385 e. The topological polar surface area (TPSA) is 24.5 Å². The second-order valence-corrected chi connectivity index (χ2v) is 5.20. The van der Waals surface area contributed by atoms with Gasteiger partial charge in [-0.15, -0.1) is 0 Å². The summed E-state index contributed by atoms with van der Waals surface area (Å²) < 4.78 is 18.5. The molecule has 0 heterocycles. The maximum Gasteiger partial charge on any atom is 0.123 e. The van der Waals surface area contributed by atoms with E-state index in [0.29, 0.717) is 6.04 Å². The Morgan fingerprint density at radius 3 is 2.89 bits per heavy atom. The molecule has 1 saturated carbocycles. The molecule has 4 heteroatoms. The van der Waals surface area contributed by atoms with Crippen LogP contribution in [0.1, 0.15) is 24.8 Å². The Hall–Kier alpha value is -1.13. The summed E-state index contributed by atoms with van der Waals surface area (Å²) in [4.78, 5) is 2.17. The van der Waals surface area contributed by atoms with Crippen molar-refractivity contribution in [2.24, 2.45) is 0 Å². The SMILES string of the molecule is COCCCN(C)c1ccc(F)cc1CNC1CC1. The molecule has 0 aliphatic heterocycles. The van der Waals surface area contributed by atoms with E-state index in [0.717, 1.165) is 37.4 Å². The molecule has 1 aromatic rings. The molecule has 106 valence electrons. The van der Waals surface area contributed by atoms with Gasteiger partial charge in [0.2, 0.25) is 0 Å². The smallest absolute Gasteiger partial charge is 0.123 e. The van der Waals surface area contributed by atoms with Crippen LogP contribution >= 0.6 is 0 Å². The Labute approximate surface area is 114 Å². The molecule has 0 aromatic heterocycles. The predicted molar refractivity (Wildman–Crippen MR) is 76.0 cm³/mol. The average molecular weight is 266 g/mol. The molecule has 0 radical (unpaired) electrons. The number of hydrogen-bond donors (Lipinski definition) is 1. The fraction of sp³-hybridized carbons (Fsp3) is 0.600. The van der Waals surface area contributed by atoms with Crippen LogP contribution in [-0.2, 0) is 11.3 Å². The third-order valence-electron chi connectivity index (χ3n) is 3.45. The molecule has 19 heavy (non-hydrogen) atoms. The zero-order valence-corrected chi connectivity index (χ0v) is 11.8. The van der Waals surface area contributed by atoms with Crippen LogP contribution in [0, 0.1) is 5.82 Å². The van der Waals surface area contributed by atoms with Crippen molar-refractivity contribution in [3.05, 3.63) is 29.6 Å². The lowest BCUT2D eigenvalue weighted by atomic mass is 10.1. The molecule has 2 rings (SSSR count). The van der Waals surface area contributed by atoms with Gasteiger partial charge in [-0.05, 0) is 43.0 Å². The largest absolute Gasteiger partial charge is 0.385 e. The van der Waals surface area contributed by atoms with E-state index in [1.165, 1.54) is 18.9 Å². The molecule has 0 amide bonds. The number of hydrogen-bond acceptors (Lipinski definition) is 3. The summed E-state index contributed by atoms with van der Waals surface area (Å²) in [7, 11) is 3.76. The second-order valence-electron chi connectivity index (χ2n) is 5.20. The molecule has 1 aliphatic rings. The maximum atomic E-state index is 13.4. The van der Waals surface area contributed by atoms with Crippen molar-refractivity contribution in [3.63, 3.8) is 0 Å². The van der Waals surface area contributed by atoms with Gasteiger partial charge < -0.3 is 15.0 Å². The summed E-state index contributed by atoms with van der Waals surface area (Å²) >= 11 is 0. The highest BCUT2D eigenvalue weighted by atomic mass is 19.1. The van der Waals surface area contributed by atoms with Crippen molar-refractivity contribution in [1.82, 2.24) is 5.32 Å². The zero-order valence-electron chi connectivity index (χ0n) is 11.8. The number of ether oxygens (including phenoxy) is 1. The van der Waals surface area contributed by atoms with Crippen LogP contribution in [0.2, 0.25) is 0 Å². The first-order valence-electron chi connectivity index (χ1n) is 6.92. The lowest BCUT2D eigenvalue weighted by molar-refractivity contribution is 0.196. The molecule has 0 bridgehead atoms. The number of nitrogens with one attached hydrogen (secondary N) is 1. The van der Waals surface area contributed by atoms with E-state index in [1.54, 1.807) is 13.2 Å². The normalized spacial score (nSPS) is 14.7. The van der Waals surface area contributed by atoms with Crippen LogP contribution < -0.4 is 10.2 Å². The number of methoxy groups -OCH3 is 1. The molecule has 1 aromatic carbocycles. The Bertz CT molecular complexity index is 407. The third kappa shape index (κ3) is 4.48. The fourth-order valence-electron chi connectivity index (χ4n) is 2.18. The molecule has 3 nitrogen and oxygen atoms in total. The van der Waals surface area contributed by atoms with Gasteiger partial charge in [0.25, 0.3) is 0 Å². The van der Waals surface area contributed by atoms with Gasteiger partial charge in [0.05, 0.1) is 0 Å². The second kappa shape index (κ2) is 6.87. The zero-order chi connectivity index (χ0) is 13.7. The van der Waals surface area contributed by atoms with E-state index >= 15 is 0 Å². The van der Waals surface area contributed by atoms with Crippen LogP contribution in [0.15, 0.2) is 18.2 Å². The molecule has 1 N–H and O–H groups in total. The molecule has 0 saturated heterocycles. The van der Waals surface area contributed by atoms with Gasteiger partial charge in [-0.25, -0.2) is 4.39 Å². The lowest BCUT2D eigenvalue weighted by Crippen LogP contribution is -2.23. The van der Waals surface area contributed by atoms with Crippen LogP contribution in [0.5, 0.6) is 0 Å². The standard InChI is InChI=1S/C15H23FN2O/c1-18(8-3-9-19-2)15-7-4-13(16)10-12(15)11-17-14-5-6-14/h4,7,10,14,17H,3,5-6,8-9,11H2,1-2H3. The molecule has 1 aliphatic carbocycles. The van der Waals surface area contributed by atoms with Crippen molar-refractivity contribution < 1.29 is 9.13 Å². The van der Waals surface area contributed by atoms with Crippen LogP contribution in [0.25, 0.3) is 0 Å². The maximum absolute atomic E-state index is 13.4. The van der Waals surface area contributed by atoms with Gasteiger partial charge in [0, 0.05) is 45.6 Å². The Morgan fingerprint density at radius 2 is 2.21 bits per heavy atom. The molecular formula is C15H23FN2O. The van der Waals surface area contributed by atoms with Crippen LogP contribution in [0.4, 0.5) is 10.1 Å². The minimum atomic E-state index is -0.165. The number of benzene rings is 1. The molecule has 1 fully saturated rings. The van der Waals surface area contributed by atoms with Gasteiger partial charge in [0.1, 0.15) is 5.82 Å². The highest BCUT2D eigenvalue weighted by molar-refractivity contribution is 5.53. The van der Waals surface area contributed by atoms with Crippen molar-refractivity contribution in [2.75, 3.05) is 32.2 Å². The summed E-state index contributed by atoms with van der Waals surface area (Å²) in [5.74, 6) is -0.165. The quantitative estimate of drug-likeness (QED) is 0.732. The minimum absolute atomic E-state index is 0.165. The van der Waals surface area contributed by atoms with Crippen molar-refractivity contribution >= 4 is 5.69 Å². The molecule has 0 spiro atoms. The monoisotopic (exact) mass is 266 g/mol. The average Bonchev–Trinajstić information content (AvgIpc) is 3.20. The Kier molecular flexibility index (Phi) is 5.16. The van der Waals surface area contributed by atoms with Gasteiger partial charge in [-0.1, -0.05) is 0 Å².